The van der Waals surface area contributed by atoms with E-state index in [1.807, 2.05) is 28.8 Å². The van der Waals surface area contributed by atoms with Crippen molar-refractivity contribution in [2.75, 3.05) is 11.1 Å². The number of anilines is 1. The minimum Gasteiger partial charge on any atom is -0.486 e. The number of ether oxygens (including phenoxy) is 1. The zero-order valence-electron chi connectivity index (χ0n) is 16.9. The van der Waals surface area contributed by atoms with E-state index in [4.69, 9.17) is 4.74 Å². The lowest BCUT2D eigenvalue weighted by Crippen LogP contribution is -2.15. The Balaban J connectivity index is 1.58. The molecule has 7 nitrogen and oxygen atoms in total. The summed E-state index contributed by atoms with van der Waals surface area (Å²) in [6.45, 7) is 6.03. The second-order valence-electron chi connectivity index (χ2n) is 6.51. The monoisotopic (exact) mass is 500 g/mol. The second kappa shape index (κ2) is 10.9. The Labute approximate surface area is 193 Å². The van der Waals surface area contributed by atoms with Crippen molar-refractivity contribution >= 4 is 45.1 Å². The molecule has 0 saturated heterocycles. The van der Waals surface area contributed by atoms with Gasteiger partial charge in [0.25, 0.3) is 0 Å². The van der Waals surface area contributed by atoms with Gasteiger partial charge >= 0.3 is 0 Å². The molecule has 0 aliphatic carbocycles. The highest BCUT2D eigenvalue weighted by atomic mass is 79.9. The minimum atomic E-state index is -0.179. The number of amides is 1. The number of allylic oxidation sites excluding steroid dienone is 1. The van der Waals surface area contributed by atoms with Gasteiger partial charge < -0.3 is 10.1 Å². The number of hydrogen-bond acceptors (Lipinski definition) is 6. The Morgan fingerprint density at radius 1 is 1.16 bits per heavy atom. The Bertz CT molecular complexity index is 1070. The molecule has 1 aromatic heterocycles. The Hall–Kier alpha value is -2.91. The maximum Gasteiger partial charge on any atom is 0.234 e. The highest BCUT2D eigenvalue weighted by molar-refractivity contribution is 9.10. The Morgan fingerprint density at radius 3 is 2.52 bits per heavy atom. The van der Waals surface area contributed by atoms with E-state index >= 15 is 0 Å². The van der Waals surface area contributed by atoms with E-state index in [2.05, 4.69) is 38.0 Å². The molecule has 2 aromatic carbocycles. The Kier molecular flexibility index (Phi) is 8.02. The van der Waals surface area contributed by atoms with Crippen LogP contribution in [0.3, 0.4) is 0 Å². The number of hydrogen-bond donors (Lipinski definition) is 1. The summed E-state index contributed by atoms with van der Waals surface area (Å²) in [7, 11) is 0. The number of rotatable bonds is 10. The van der Waals surface area contributed by atoms with Crippen molar-refractivity contribution in [1.29, 1.82) is 0 Å². The van der Waals surface area contributed by atoms with Gasteiger partial charge in [-0.2, -0.15) is 0 Å². The van der Waals surface area contributed by atoms with Crippen LogP contribution in [0.5, 0.6) is 5.75 Å². The van der Waals surface area contributed by atoms with Crippen molar-refractivity contribution < 1.29 is 14.3 Å². The molecular weight excluding hydrogens is 480 g/mol. The zero-order chi connectivity index (χ0) is 22.2. The summed E-state index contributed by atoms with van der Waals surface area (Å²) >= 11 is 4.67. The Morgan fingerprint density at radius 2 is 1.87 bits per heavy atom. The lowest BCUT2D eigenvalue weighted by atomic mass is 10.1. The minimum absolute atomic E-state index is 0.0186. The predicted molar refractivity (Wildman–Crippen MR) is 124 cm³/mol. The number of nitrogens with zero attached hydrogens (tertiary/aromatic N) is 3. The number of benzene rings is 2. The largest absolute Gasteiger partial charge is 0.486 e. The van der Waals surface area contributed by atoms with E-state index < -0.39 is 0 Å². The van der Waals surface area contributed by atoms with Crippen molar-refractivity contribution in [3.05, 3.63) is 77.0 Å². The summed E-state index contributed by atoms with van der Waals surface area (Å²) in [4.78, 5) is 23.7. The van der Waals surface area contributed by atoms with E-state index in [1.54, 1.807) is 30.3 Å². The maximum atomic E-state index is 12.3. The first-order chi connectivity index (χ1) is 15.0. The molecule has 0 aliphatic rings. The molecule has 0 unspecified atom stereocenters. The first-order valence-corrected chi connectivity index (χ1v) is 11.2. The quantitative estimate of drug-likeness (QED) is 0.246. The lowest BCUT2D eigenvalue weighted by molar-refractivity contribution is -0.113. The standard InChI is InChI=1S/C22H21BrN4O3S/c1-3-12-27-20(13-30-19-10-6-17(23)7-11-19)25-26-22(27)31-14-21(29)24-18-8-4-16(5-9-18)15(2)28/h3-11H,1,12-14H2,2H3,(H,24,29). The van der Waals surface area contributed by atoms with Crippen molar-refractivity contribution in [2.45, 2.75) is 25.2 Å². The van der Waals surface area contributed by atoms with E-state index in [0.29, 0.717) is 28.8 Å². The van der Waals surface area contributed by atoms with Crippen LogP contribution in [0.4, 0.5) is 5.69 Å². The summed E-state index contributed by atoms with van der Waals surface area (Å²) in [5, 5.41) is 11.8. The first-order valence-electron chi connectivity index (χ1n) is 9.41. The SMILES string of the molecule is C=CCn1c(COc2ccc(Br)cc2)nnc1SCC(=O)Nc1ccc(C(C)=O)cc1. The normalized spacial score (nSPS) is 10.5. The van der Waals surface area contributed by atoms with Crippen LogP contribution >= 0.6 is 27.7 Å². The fourth-order valence-electron chi connectivity index (χ4n) is 2.64. The van der Waals surface area contributed by atoms with Gasteiger partial charge in [-0.25, -0.2) is 0 Å². The third-order valence-corrected chi connectivity index (χ3v) is 5.69. The van der Waals surface area contributed by atoms with Crippen molar-refractivity contribution in [3.63, 3.8) is 0 Å². The van der Waals surface area contributed by atoms with E-state index in [1.165, 1.54) is 18.7 Å². The molecule has 0 saturated carbocycles. The van der Waals surface area contributed by atoms with E-state index in [0.717, 1.165) is 10.2 Å². The molecule has 3 aromatic rings. The van der Waals surface area contributed by atoms with Crippen molar-refractivity contribution in [2.24, 2.45) is 0 Å². The van der Waals surface area contributed by atoms with Crippen LogP contribution in [0, 0.1) is 0 Å². The van der Waals surface area contributed by atoms with Crippen LogP contribution in [0.1, 0.15) is 23.1 Å². The number of carbonyl (C=O) groups excluding carboxylic acids is 2. The van der Waals surface area contributed by atoms with Gasteiger partial charge in [0.1, 0.15) is 12.4 Å². The smallest absolute Gasteiger partial charge is 0.234 e. The van der Waals surface area contributed by atoms with Crippen LogP contribution in [0.15, 0.2) is 70.8 Å². The van der Waals surface area contributed by atoms with Gasteiger partial charge in [-0.1, -0.05) is 33.8 Å². The molecule has 0 aliphatic heterocycles. The summed E-state index contributed by atoms with van der Waals surface area (Å²) in [5.41, 5.74) is 1.23. The molecule has 0 radical (unpaired) electrons. The van der Waals surface area contributed by atoms with E-state index in [-0.39, 0.29) is 24.1 Å². The number of thioether (sulfide) groups is 1. The van der Waals surface area contributed by atoms with Gasteiger partial charge in [0.2, 0.25) is 5.91 Å². The maximum absolute atomic E-state index is 12.3. The van der Waals surface area contributed by atoms with Gasteiger partial charge in [0.15, 0.2) is 16.8 Å². The topological polar surface area (TPSA) is 86.1 Å². The number of nitrogens with one attached hydrogen (secondary N) is 1. The molecule has 9 heteroatoms. The molecule has 1 N–H and O–H groups in total. The molecule has 0 fully saturated rings. The first kappa shape index (κ1) is 22.8. The molecular formula is C22H21BrN4O3S. The highest BCUT2D eigenvalue weighted by Gasteiger charge is 2.14. The second-order valence-corrected chi connectivity index (χ2v) is 8.37. The van der Waals surface area contributed by atoms with Gasteiger partial charge in [-0.15, -0.1) is 16.8 Å². The zero-order valence-corrected chi connectivity index (χ0v) is 19.3. The van der Waals surface area contributed by atoms with Crippen LogP contribution in [0.25, 0.3) is 0 Å². The van der Waals surface area contributed by atoms with Crippen LogP contribution in [-0.4, -0.2) is 32.2 Å². The van der Waals surface area contributed by atoms with Crippen LogP contribution in [0.2, 0.25) is 0 Å². The van der Waals surface area contributed by atoms with Crippen molar-refractivity contribution in [1.82, 2.24) is 14.8 Å². The molecule has 0 bridgehead atoms. The molecule has 31 heavy (non-hydrogen) atoms. The number of halogens is 1. The molecule has 160 valence electrons. The molecule has 1 amide bonds. The fourth-order valence-corrected chi connectivity index (χ4v) is 3.67. The summed E-state index contributed by atoms with van der Waals surface area (Å²) in [6.07, 6.45) is 1.74. The average Bonchev–Trinajstić information content (AvgIpc) is 3.14. The van der Waals surface area contributed by atoms with Gasteiger partial charge in [0.05, 0.1) is 5.75 Å². The van der Waals surface area contributed by atoms with Crippen LogP contribution in [-0.2, 0) is 17.9 Å². The molecule has 1 heterocycles. The summed E-state index contributed by atoms with van der Waals surface area (Å²) in [5.74, 6) is 1.33. The summed E-state index contributed by atoms with van der Waals surface area (Å²) < 4.78 is 8.63. The fraction of sp³-hybridized carbons (Fsp3) is 0.182. The number of carbonyl (C=O) groups is 2. The summed E-state index contributed by atoms with van der Waals surface area (Å²) in [6, 6.07) is 14.3. The number of ketones is 1. The molecule has 0 spiro atoms. The lowest BCUT2D eigenvalue weighted by Gasteiger charge is -2.09. The van der Waals surface area contributed by atoms with E-state index in [9.17, 15) is 9.59 Å². The van der Waals surface area contributed by atoms with Gasteiger partial charge in [-0.05, 0) is 55.5 Å². The third-order valence-electron chi connectivity index (χ3n) is 4.19. The van der Waals surface area contributed by atoms with Gasteiger partial charge in [0, 0.05) is 22.3 Å². The molecule has 3 rings (SSSR count). The molecule has 0 atom stereocenters. The predicted octanol–water partition coefficient (Wildman–Crippen LogP) is 4.74. The van der Waals surface area contributed by atoms with Crippen molar-refractivity contribution in [3.8, 4) is 5.75 Å². The van der Waals surface area contributed by atoms with Crippen LogP contribution < -0.4 is 10.1 Å². The highest BCUT2D eigenvalue weighted by Crippen LogP contribution is 2.21. The third kappa shape index (κ3) is 6.53. The van der Waals surface area contributed by atoms with Gasteiger partial charge in [-0.3, -0.25) is 14.2 Å². The number of aromatic nitrogens is 3. The average molecular weight is 501 g/mol. The number of Topliss-reactive ketones (excluding diaryl/α,β-unsaturated/α-hetero) is 1.